The van der Waals surface area contributed by atoms with Crippen molar-refractivity contribution < 1.29 is 14.3 Å². The van der Waals surface area contributed by atoms with E-state index in [9.17, 15) is 9.59 Å². The lowest BCUT2D eigenvalue weighted by Crippen LogP contribution is -2.27. The van der Waals surface area contributed by atoms with Crippen LogP contribution in [0.25, 0.3) is 0 Å². The van der Waals surface area contributed by atoms with Gasteiger partial charge in [0.15, 0.2) is 0 Å². The second-order valence-electron chi connectivity index (χ2n) is 3.53. The van der Waals surface area contributed by atoms with E-state index in [4.69, 9.17) is 0 Å². The molecule has 2 atom stereocenters. The number of likely N-dealkylation sites (tertiary alicyclic amines) is 1. The smallest absolute Gasteiger partial charge is 0.310 e. The van der Waals surface area contributed by atoms with Crippen molar-refractivity contribution in [3.05, 3.63) is 0 Å². The van der Waals surface area contributed by atoms with Crippen molar-refractivity contribution in [3.8, 4) is 0 Å². The van der Waals surface area contributed by atoms with Crippen LogP contribution in [-0.4, -0.2) is 37.0 Å². The molecular formula is C9H15NO3. The molecule has 1 heterocycles. The molecule has 0 bridgehead atoms. The van der Waals surface area contributed by atoms with Crippen molar-refractivity contribution in [2.75, 3.05) is 20.2 Å². The maximum atomic E-state index is 11.2. The molecule has 0 aliphatic carbocycles. The van der Waals surface area contributed by atoms with E-state index in [1.807, 2.05) is 6.92 Å². The van der Waals surface area contributed by atoms with Gasteiger partial charge in [-0.3, -0.25) is 9.59 Å². The zero-order chi connectivity index (χ0) is 10.0. The summed E-state index contributed by atoms with van der Waals surface area (Å²) in [4.78, 5) is 23.9. The van der Waals surface area contributed by atoms with Gasteiger partial charge in [-0.05, 0) is 5.92 Å². The van der Waals surface area contributed by atoms with Crippen molar-refractivity contribution >= 4 is 11.9 Å². The fourth-order valence-corrected chi connectivity index (χ4v) is 1.68. The number of hydrogen-bond donors (Lipinski definition) is 0. The maximum Gasteiger partial charge on any atom is 0.310 e. The van der Waals surface area contributed by atoms with E-state index in [0.29, 0.717) is 13.1 Å². The highest BCUT2D eigenvalue weighted by molar-refractivity contribution is 5.77. The van der Waals surface area contributed by atoms with Gasteiger partial charge in [0.05, 0.1) is 13.0 Å². The summed E-state index contributed by atoms with van der Waals surface area (Å²) in [6.45, 7) is 4.65. The Bertz CT molecular complexity index is 227. The zero-order valence-electron chi connectivity index (χ0n) is 8.24. The monoisotopic (exact) mass is 185 g/mol. The first kappa shape index (κ1) is 10.0. The number of nitrogens with zero attached hydrogens (tertiary/aromatic N) is 1. The number of esters is 1. The standard InChI is InChI=1S/C9H15NO3/c1-6-4-10(7(2)11)5-8(6)9(12)13-3/h6,8H,4-5H2,1-3H3/t6-,8-/m1/s1. The predicted octanol–water partition coefficient (Wildman–Crippen LogP) is 0.274. The van der Waals surface area contributed by atoms with Crippen LogP contribution in [0.15, 0.2) is 0 Å². The minimum absolute atomic E-state index is 0.0262. The number of amides is 1. The number of carbonyl (C=O) groups is 2. The fraction of sp³-hybridized carbons (Fsp3) is 0.778. The number of hydrogen-bond acceptors (Lipinski definition) is 3. The van der Waals surface area contributed by atoms with Gasteiger partial charge in [0.25, 0.3) is 0 Å². The lowest BCUT2D eigenvalue weighted by molar-refractivity contribution is -0.146. The SMILES string of the molecule is COC(=O)[C@@H]1CN(C(C)=O)C[C@H]1C. The summed E-state index contributed by atoms with van der Waals surface area (Å²) in [5.74, 6) is -0.125. The van der Waals surface area contributed by atoms with E-state index in [1.54, 1.807) is 4.90 Å². The van der Waals surface area contributed by atoms with Gasteiger partial charge in [-0.25, -0.2) is 0 Å². The molecule has 13 heavy (non-hydrogen) atoms. The molecule has 0 N–H and O–H groups in total. The van der Waals surface area contributed by atoms with Crippen LogP contribution >= 0.6 is 0 Å². The normalized spacial score (nSPS) is 27.5. The highest BCUT2D eigenvalue weighted by atomic mass is 16.5. The summed E-state index contributed by atoms with van der Waals surface area (Å²) < 4.78 is 4.66. The van der Waals surface area contributed by atoms with Gasteiger partial charge < -0.3 is 9.64 Å². The lowest BCUT2D eigenvalue weighted by Gasteiger charge is -2.12. The molecule has 1 saturated heterocycles. The molecule has 0 aromatic heterocycles. The van der Waals surface area contributed by atoms with E-state index in [0.717, 1.165) is 0 Å². The molecule has 1 rings (SSSR count). The summed E-state index contributed by atoms with van der Waals surface area (Å²) >= 11 is 0. The summed E-state index contributed by atoms with van der Waals surface area (Å²) in [6.07, 6.45) is 0. The second kappa shape index (κ2) is 3.77. The maximum absolute atomic E-state index is 11.2. The summed E-state index contributed by atoms with van der Waals surface area (Å²) in [5, 5.41) is 0. The Balaban J connectivity index is 2.61. The third-order valence-electron chi connectivity index (χ3n) is 2.56. The molecule has 1 aliphatic heterocycles. The minimum atomic E-state index is -0.212. The molecule has 74 valence electrons. The Labute approximate surface area is 77.8 Å². The van der Waals surface area contributed by atoms with Gasteiger partial charge in [0, 0.05) is 20.0 Å². The highest BCUT2D eigenvalue weighted by Crippen LogP contribution is 2.23. The molecular weight excluding hydrogens is 170 g/mol. The van der Waals surface area contributed by atoms with Crippen LogP contribution in [0.1, 0.15) is 13.8 Å². The van der Waals surface area contributed by atoms with E-state index >= 15 is 0 Å². The van der Waals surface area contributed by atoms with Gasteiger partial charge in [0.2, 0.25) is 5.91 Å². The molecule has 0 saturated carbocycles. The molecule has 0 spiro atoms. The molecule has 1 fully saturated rings. The average Bonchev–Trinajstić information content (AvgIpc) is 2.46. The van der Waals surface area contributed by atoms with Gasteiger partial charge in [-0.1, -0.05) is 6.92 Å². The van der Waals surface area contributed by atoms with Gasteiger partial charge in [0.1, 0.15) is 0 Å². The Morgan fingerprint density at radius 3 is 2.38 bits per heavy atom. The first-order valence-corrected chi connectivity index (χ1v) is 4.39. The predicted molar refractivity (Wildman–Crippen MR) is 46.9 cm³/mol. The molecule has 4 heteroatoms. The van der Waals surface area contributed by atoms with Crippen LogP contribution in [0.3, 0.4) is 0 Å². The Kier molecular flexibility index (Phi) is 2.90. The van der Waals surface area contributed by atoms with Crippen molar-refractivity contribution in [2.45, 2.75) is 13.8 Å². The molecule has 0 unspecified atom stereocenters. The van der Waals surface area contributed by atoms with Crippen molar-refractivity contribution in [1.29, 1.82) is 0 Å². The van der Waals surface area contributed by atoms with Gasteiger partial charge >= 0.3 is 5.97 Å². The van der Waals surface area contributed by atoms with Crippen LogP contribution in [0.2, 0.25) is 0 Å². The number of carbonyl (C=O) groups excluding carboxylic acids is 2. The van der Waals surface area contributed by atoms with E-state index in [1.165, 1.54) is 14.0 Å². The van der Waals surface area contributed by atoms with Crippen LogP contribution in [0.5, 0.6) is 0 Å². The van der Waals surface area contributed by atoms with E-state index in [-0.39, 0.29) is 23.7 Å². The molecule has 1 aliphatic rings. The van der Waals surface area contributed by atoms with Crippen LogP contribution in [-0.2, 0) is 14.3 Å². The minimum Gasteiger partial charge on any atom is -0.469 e. The number of rotatable bonds is 1. The lowest BCUT2D eigenvalue weighted by atomic mass is 9.99. The third kappa shape index (κ3) is 1.99. The Hall–Kier alpha value is -1.06. The first-order chi connectivity index (χ1) is 6.06. The van der Waals surface area contributed by atoms with Crippen molar-refractivity contribution in [2.24, 2.45) is 11.8 Å². The summed E-state index contributed by atoms with van der Waals surface area (Å²) in [7, 11) is 1.38. The largest absolute Gasteiger partial charge is 0.469 e. The number of methoxy groups -OCH3 is 1. The number of ether oxygens (including phenoxy) is 1. The average molecular weight is 185 g/mol. The molecule has 0 radical (unpaired) electrons. The van der Waals surface area contributed by atoms with E-state index < -0.39 is 0 Å². The quantitative estimate of drug-likeness (QED) is 0.551. The Morgan fingerprint density at radius 1 is 1.38 bits per heavy atom. The zero-order valence-corrected chi connectivity index (χ0v) is 8.24. The second-order valence-corrected chi connectivity index (χ2v) is 3.53. The van der Waals surface area contributed by atoms with Crippen LogP contribution in [0, 0.1) is 11.8 Å². The van der Waals surface area contributed by atoms with Crippen molar-refractivity contribution in [3.63, 3.8) is 0 Å². The summed E-state index contributed by atoms with van der Waals surface area (Å²) in [5.41, 5.74) is 0. The molecule has 1 amide bonds. The molecule has 0 aromatic rings. The molecule has 0 aromatic carbocycles. The Morgan fingerprint density at radius 2 is 2.00 bits per heavy atom. The fourth-order valence-electron chi connectivity index (χ4n) is 1.68. The van der Waals surface area contributed by atoms with E-state index in [2.05, 4.69) is 4.74 Å². The van der Waals surface area contributed by atoms with Gasteiger partial charge in [-0.2, -0.15) is 0 Å². The molecule has 4 nitrogen and oxygen atoms in total. The van der Waals surface area contributed by atoms with Crippen molar-refractivity contribution in [1.82, 2.24) is 4.90 Å². The summed E-state index contributed by atoms with van der Waals surface area (Å²) in [6, 6.07) is 0. The first-order valence-electron chi connectivity index (χ1n) is 4.39. The highest BCUT2D eigenvalue weighted by Gasteiger charge is 2.36. The van der Waals surface area contributed by atoms with Crippen LogP contribution < -0.4 is 0 Å². The third-order valence-corrected chi connectivity index (χ3v) is 2.56. The van der Waals surface area contributed by atoms with Crippen LogP contribution in [0.4, 0.5) is 0 Å². The topological polar surface area (TPSA) is 46.6 Å². The van der Waals surface area contributed by atoms with Gasteiger partial charge in [-0.15, -0.1) is 0 Å².